The van der Waals surface area contributed by atoms with Gasteiger partial charge in [0.2, 0.25) is 0 Å². The fraction of sp³-hybridized carbons (Fsp3) is 0.750. The first kappa shape index (κ1) is 16.7. The first-order valence-corrected chi connectivity index (χ1v) is 8.59. The molecule has 0 bridgehead atoms. The van der Waals surface area contributed by atoms with E-state index in [1.165, 1.54) is 37.2 Å². The molecule has 3 heteroatoms. The third-order valence-electron chi connectivity index (χ3n) is 3.48. The fourth-order valence-corrected chi connectivity index (χ4v) is 2.92. The van der Waals surface area contributed by atoms with Gasteiger partial charge in [-0.2, -0.15) is 0 Å². The van der Waals surface area contributed by atoms with Crippen molar-refractivity contribution in [2.75, 3.05) is 26.2 Å². The van der Waals surface area contributed by atoms with Crippen LogP contribution in [0.3, 0.4) is 0 Å². The van der Waals surface area contributed by atoms with Crippen LogP contribution < -0.4 is 5.32 Å². The van der Waals surface area contributed by atoms with Gasteiger partial charge in [-0.25, -0.2) is 0 Å². The minimum absolute atomic E-state index is 0.663. The maximum atomic E-state index is 3.56. The van der Waals surface area contributed by atoms with Crippen LogP contribution in [0.5, 0.6) is 0 Å². The van der Waals surface area contributed by atoms with Crippen molar-refractivity contribution in [2.24, 2.45) is 0 Å². The second kappa shape index (κ2) is 10.4. The number of unbranched alkanes of at least 4 members (excludes halogenated alkanes) is 2. The maximum Gasteiger partial charge on any atom is 0.0110 e. The largest absolute Gasteiger partial charge is 0.315 e. The molecule has 0 unspecified atom stereocenters. The average Bonchev–Trinajstić information content (AvgIpc) is 2.89. The molecule has 0 aliphatic carbocycles. The minimum Gasteiger partial charge on any atom is -0.315 e. The first-order chi connectivity index (χ1) is 9.24. The topological polar surface area (TPSA) is 15.3 Å². The molecule has 0 saturated carbocycles. The van der Waals surface area contributed by atoms with Crippen molar-refractivity contribution in [3.63, 3.8) is 0 Å². The van der Waals surface area contributed by atoms with Gasteiger partial charge in [-0.3, -0.25) is 4.90 Å². The van der Waals surface area contributed by atoms with Crippen molar-refractivity contribution in [2.45, 2.75) is 52.5 Å². The predicted octanol–water partition coefficient (Wildman–Crippen LogP) is 3.78. The molecular formula is C16H30N2S. The van der Waals surface area contributed by atoms with Crippen LogP contribution in [0.25, 0.3) is 0 Å². The third-order valence-corrected chi connectivity index (χ3v) is 4.42. The molecule has 2 nitrogen and oxygen atoms in total. The van der Waals surface area contributed by atoms with Crippen molar-refractivity contribution in [3.05, 3.63) is 22.4 Å². The molecule has 110 valence electrons. The maximum absolute atomic E-state index is 3.56. The van der Waals surface area contributed by atoms with E-state index < -0.39 is 0 Å². The van der Waals surface area contributed by atoms with Crippen molar-refractivity contribution in [1.29, 1.82) is 0 Å². The van der Waals surface area contributed by atoms with Gasteiger partial charge < -0.3 is 5.32 Å². The zero-order valence-electron chi connectivity index (χ0n) is 12.8. The lowest BCUT2D eigenvalue weighted by atomic mass is 10.2. The summed E-state index contributed by atoms with van der Waals surface area (Å²) in [6.45, 7) is 11.5. The lowest BCUT2D eigenvalue weighted by Gasteiger charge is -2.26. The highest BCUT2D eigenvalue weighted by Crippen LogP contribution is 2.08. The van der Waals surface area contributed by atoms with Crippen LogP contribution in [-0.4, -0.2) is 37.1 Å². The Kier molecular flexibility index (Phi) is 9.14. The highest BCUT2D eigenvalue weighted by Gasteiger charge is 2.07. The molecule has 0 aliphatic heterocycles. The van der Waals surface area contributed by atoms with E-state index in [0.29, 0.717) is 6.04 Å². The van der Waals surface area contributed by atoms with Crippen LogP contribution >= 0.6 is 11.3 Å². The number of hydrogen-bond acceptors (Lipinski definition) is 3. The molecule has 0 radical (unpaired) electrons. The Bertz CT molecular complexity index is 296. The standard InChI is InChI=1S/C16H30N2S/c1-4-5-6-12-18(15(2)3)13-11-17-10-9-16-8-7-14-19-16/h7-8,14-15,17H,4-6,9-13H2,1-3H3. The van der Waals surface area contributed by atoms with Gasteiger partial charge in [0.1, 0.15) is 0 Å². The number of nitrogens with one attached hydrogen (secondary N) is 1. The quantitative estimate of drug-likeness (QED) is 0.621. The first-order valence-electron chi connectivity index (χ1n) is 7.71. The Balaban J connectivity index is 2.07. The van der Waals surface area contributed by atoms with E-state index in [1.54, 1.807) is 0 Å². The lowest BCUT2D eigenvalue weighted by Crippen LogP contribution is -2.38. The van der Waals surface area contributed by atoms with Gasteiger partial charge >= 0.3 is 0 Å². The van der Waals surface area contributed by atoms with Crippen molar-refractivity contribution in [1.82, 2.24) is 10.2 Å². The SMILES string of the molecule is CCCCCN(CCNCCc1cccs1)C(C)C. The Morgan fingerprint density at radius 2 is 2.05 bits per heavy atom. The molecule has 0 aromatic carbocycles. The normalized spacial score (nSPS) is 11.6. The second-order valence-corrected chi connectivity index (χ2v) is 6.45. The molecule has 0 atom stereocenters. The van der Waals surface area contributed by atoms with E-state index in [4.69, 9.17) is 0 Å². The Labute approximate surface area is 123 Å². The molecule has 1 aromatic heterocycles. The van der Waals surface area contributed by atoms with Crippen LogP contribution in [0, 0.1) is 0 Å². The summed E-state index contributed by atoms with van der Waals surface area (Å²) in [6.07, 6.45) is 5.17. The van der Waals surface area contributed by atoms with Gasteiger partial charge in [-0.1, -0.05) is 25.8 Å². The summed E-state index contributed by atoms with van der Waals surface area (Å²) in [6, 6.07) is 5.02. The summed E-state index contributed by atoms with van der Waals surface area (Å²) < 4.78 is 0. The van der Waals surface area contributed by atoms with E-state index in [2.05, 4.69) is 48.5 Å². The molecule has 19 heavy (non-hydrogen) atoms. The summed E-state index contributed by atoms with van der Waals surface area (Å²) in [5, 5.41) is 5.72. The number of rotatable bonds is 11. The van der Waals surface area contributed by atoms with Gasteiger partial charge in [-0.05, 0) is 44.7 Å². The Hall–Kier alpha value is -0.380. The molecule has 1 N–H and O–H groups in total. The molecule has 1 aromatic rings. The van der Waals surface area contributed by atoms with Gasteiger partial charge in [0.15, 0.2) is 0 Å². The van der Waals surface area contributed by atoms with E-state index in [-0.39, 0.29) is 0 Å². The number of hydrogen-bond donors (Lipinski definition) is 1. The van der Waals surface area contributed by atoms with Crippen LogP contribution in [0.4, 0.5) is 0 Å². The zero-order chi connectivity index (χ0) is 13.9. The molecule has 0 fully saturated rings. The predicted molar refractivity (Wildman–Crippen MR) is 87.1 cm³/mol. The van der Waals surface area contributed by atoms with Gasteiger partial charge in [0.25, 0.3) is 0 Å². The van der Waals surface area contributed by atoms with Gasteiger partial charge in [-0.15, -0.1) is 11.3 Å². The number of nitrogens with zero attached hydrogens (tertiary/aromatic N) is 1. The molecule has 0 saturated heterocycles. The molecule has 0 aliphatic rings. The molecule has 0 spiro atoms. The van der Waals surface area contributed by atoms with Crippen molar-refractivity contribution >= 4 is 11.3 Å². The highest BCUT2D eigenvalue weighted by molar-refractivity contribution is 7.09. The van der Waals surface area contributed by atoms with E-state index in [0.717, 1.165) is 19.5 Å². The second-order valence-electron chi connectivity index (χ2n) is 5.42. The molecule has 1 heterocycles. The Morgan fingerprint density at radius 3 is 2.68 bits per heavy atom. The summed E-state index contributed by atoms with van der Waals surface area (Å²) in [4.78, 5) is 4.07. The molecule has 1 rings (SSSR count). The van der Waals surface area contributed by atoms with Crippen molar-refractivity contribution in [3.8, 4) is 0 Å². The number of thiophene rings is 1. The van der Waals surface area contributed by atoms with Gasteiger partial charge in [0.05, 0.1) is 0 Å². The van der Waals surface area contributed by atoms with E-state index >= 15 is 0 Å². The van der Waals surface area contributed by atoms with Crippen molar-refractivity contribution < 1.29 is 0 Å². The van der Waals surface area contributed by atoms with Crippen LogP contribution in [0.1, 0.15) is 44.9 Å². The monoisotopic (exact) mass is 282 g/mol. The highest BCUT2D eigenvalue weighted by atomic mass is 32.1. The average molecular weight is 282 g/mol. The summed E-state index contributed by atoms with van der Waals surface area (Å²) in [5.41, 5.74) is 0. The van der Waals surface area contributed by atoms with Gasteiger partial charge in [0, 0.05) is 30.6 Å². The van der Waals surface area contributed by atoms with Crippen LogP contribution in [0.15, 0.2) is 17.5 Å². The van der Waals surface area contributed by atoms with E-state index in [1.807, 2.05) is 11.3 Å². The molecule has 0 amide bonds. The van der Waals surface area contributed by atoms with Crippen LogP contribution in [0.2, 0.25) is 0 Å². The smallest absolute Gasteiger partial charge is 0.0110 e. The van der Waals surface area contributed by atoms with Crippen LogP contribution in [-0.2, 0) is 6.42 Å². The Morgan fingerprint density at radius 1 is 1.21 bits per heavy atom. The molecular weight excluding hydrogens is 252 g/mol. The third kappa shape index (κ3) is 7.71. The zero-order valence-corrected chi connectivity index (χ0v) is 13.6. The fourth-order valence-electron chi connectivity index (χ4n) is 2.21. The summed E-state index contributed by atoms with van der Waals surface area (Å²) in [5.74, 6) is 0. The van der Waals surface area contributed by atoms with E-state index in [9.17, 15) is 0 Å². The minimum atomic E-state index is 0.663. The summed E-state index contributed by atoms with van der Waals surface area (Å²) in [7, 11) is 0. The summed E-state index contributed by atoms with van der Waals surface area (Å²) >= 11 is 1.86. The lowest BCUT2D eigenvalue weighted by molar-refractivity contribution is 0.218.